The molecular weight excluding hydrogens is 340 g/mol. The van der Waals surface area contributed by atoms with Crippen LogP contribution in [0.2, 0.25) is 5.15 Å². The molecule has 0 saturated heterocycles. The highest BCUT2D eigenvalue weighted by atomic mass is 35.5. The molecule has 23 heavy (non-hydrogen) atoms. The van der Waals surface area contributed by atoms with Gasteiger partial charge in [-0.05, 0) is 18.3 Å². The lowest BCUT2D eigenvalue weighted by atomic mass is 9.81. The Hall–Kier alpha value is -1.54. The average molecular weight is 357 g/mol. The van der Waals surface area contributed by atoms with Crippen LogP contribution in [0.5, 0.6) is 0 Å². The molecule has 0 amide bonds. The zero-order valence-corrected chi connectivity index (χ0v) is 14.3. The van der Waals surface area contributed by atoms with Gasteiger partial charge in [-0.1, -0.05) is 55.5 Å². The Morgan fingerprint density at radius 2 is 2.09 bits per heavy atom. The lowest BCUT2D eigenvalue weighted by Crippen LogP contribution is -2.19. The van der Waals surface area contributed by atoms with Crippen LogP contribution < -0.4 is 5.56 Å². The van der Waals surface area contributed by atoms with Crippen LogP contribution in [0.15, 0.2) is 4.79 Å². The fourth-order valence-electron chi connectivity index (χ4n) is 3.05. The number of hydrogen-bond acceptors (Lipinski definition) is 6. The topological polar surface area (TPSA) is 90.4 Å². The van der Waals surface area contributed by atoms with Crippen molar-refractivity contribution in [3.63, 3.8) is 0 Å². The molecule has 0 aliphatic heterocycles. The van der Waals surface area contributed by atoms with E-state index in [2.05, 4.69) is 17.0 Å². The Balaban J connectivity index is 1.79. The van der Waals surface area contributed by atoms with E-state index in [1.54, 1.807) is 0 Å². The van der Waals surface area contributed by atoms with Crippen molar-refractivity contribution in [2.24, 2.45) is 11.8 Å². The molecule has 1 saturated carbocycles. The zero-order chi connectivity index (χ0) is 16.6. The Morgan fingerprint density at radius 3 is 2.74 bits per heavy atom. The molecule has 1 aliphatic rings. The molecule has 1 fully saturated rings. The predicted molar refractivity (Wildman–Crippen MR) is 88.2 cm³/mol. The van der Waals surface area contributed by atoms with Crippen molar-refractivity contribution < 1.29 is 4.92 Å². The summed E-state index contributed by atoms with van der Waals surface area (Å²) in [4.78, 5) is 26.4. The molecule has 9 heteroatoms. The normalized spacial score (nSPS) is 21.7. The molecule has 1 aliphatic carbocycles. The van der Waals surface area contributed by atoms with Crippen LogP contribution in [0.1, 0.15) is 44.0 Å². The highest BCUT2D eigenvalue weighted by Crippen LogP contribution is 2.31. The molecule has 2 aromatic heterocycles. The van der Waals surface area contributed by atoms with Gasteiger partial charge in [0, 0.05) is 6.42 Å². The standard InChI is InChI=1S/C14H17ClN4O3S/c1-8-2-4-9(5-3-8)6-7-10-17-18-13(20)11(19(21)22)12(15)16-14(18)23-10/h8-9H,2-7H2,1H3. The van der Waals surface area contributed by atoms with Crippen molar-refractivity contribution in [3.05, 3.63) is 30.6 Å². The Kier molecular flexibility index (Phi) is 4.63. The van der Waals surface area contributed by atoms with Crippen molar-refractivity contribution in [3.8, 4) is 0 Å². The maximum atomic E-state index is 12.1. The molecule has 0 atom stereocenters. The lowest BCUT2D eigenvalue weighted by Gasteiger charge is -2.25. The highest BCUT2D eigenvalue weighted by Gasteiger charge is 2.24. The first-order valence-corrected chi connectivity index (χ1v) is 8.87. The van der Waals surface area contributed by atoms with E-state index in [-0.39, 0.29) is 5.15 Å². The molecular formula is C14H17ClN4O3S. The van der Waals surface area contributed by atoms with Gasteiger partial charge in [-0.15, -0.1) is 0 Å². The van der Waals surface area contributed by atoms with Gasteiger partial charge in [0.15, 0.2) is 0 Å². The highest BCUT2D eigenvalue weighted by molar-refractivity contribution is 7.16. The van der Waals surface area contributed by atoms with E-state index in [0.29, 0.717) is 10.9 Å². The van der Waals surface area contributed by atoms with E-state index in [1.165, 1.54) is 37.0 Å². The van der Waals surface area contributed by atoms with Crippen molar-refractivity contribution in [2.75, 3.05) is 0 Å². The second-order valence-corrected chi connectivity index (χ2v) is 7.57. The summed E-state index contributed by atoms with van der Waals surface area (Å²) in [7, 11) is 0. The van der Waals surface area contributed by atoms with Gasteiger partial charge in [0.25, 0.3) is 0 Å². The van der Waals surface area contributed by atoms with Crippen molar-refractivity contribution in [1.29, 1.82) is 0 Å². The predicted octanol–water partition coefficient (Wildman–Crippen LogP) is 3.47. The average Bonchev–Trinajstić information content (AvgIpc) is 2.89. The molecule has 7 nitrogen and oxygen atoms in total. The van der Waals surface area contributed by atoms with Gasteiger partial charge in [-0.25, -0.2) is 0 Å². The van der Waals surface area contributed by atoms with E-state index < -0.39 is 16.2 Å². The second-order valence-electron chi connectivity index (χ2n) is 6.17. The fraction of sp³-hybridized carbons (Fsp3) is 0.643. The van der Waals surface area contributed by atoms with Crippen molar-refractivity contribution in [2.45, 2.75) is 45.4 Å². The smallest absolute Gasteiger partial charge is 0.259 e. The fourth-order valence-corrected chi connectivity index (χ4v) is 4.23. The van der Waals surface area contributed by atoms with Crippen molar-refractivity contribution >= 4 is 33.6 Å². The van der Waals surface area contributed by atoms with E-state index in [9.17, 15) is 14.9 Å². The Morgan fingerprint density at radius 1 is 1.39 bits per heavy atom. The first-order chi connectivity index (χ1) is 11.0. The van der Waals surface area contributed by atoms with Crippen LogP contribution in [-0.4, -0.2) is 19.5 Å². The molecule has 124 valence electrons. The molecule has 2 aromatic rings. The van der Waals surface area contributed by atoms with E-state index in [0.717, 1.165) is 28.3 Å². The first kappa shape index (κ1) is 16.3. The number of halogens is 1. The molecule has 0 bridgehead atoms. The quantitative estimate of drug-likeness (QED) is 0.475. The van der Waals surface area contributed by atoms with Crippen LogP contribution in [-0.2, 0) is 6.42 Å². The van der Waals surface area contributed by atoms with Gasteiger partial charge in [0.2, 0.25) is 10.1 Å². The molecule has 0 spiro atoms. The largest absolute Gasteiger partial charge is 0.372 e. The summed E-state index contributed by atoms with van der Waals surface area (Å²) in [6.07, 6.45) is 6.80. The summed E-state index contributed by atoms with van der Waals surface area (Å²) in [6.45, 7) is 2.29. The summed E-state index contributed by atoms with van der Waals surface area (Å²) in [5, 5.41) is 15.5. The number of nitrogens with zero attached hydrogens (tertiary/aromatic N) is 4. The van der Waals surface area contributed by atoms with E-state index in [1.807, 2.05) is 0 Å². The van der Waals surface area contributed by atoms with Gasteiger partial charge in [-0.3, -0.25) is 14.9 Å². The summed E-state index contributed by atoms with van der Waals surface area (Å²) in [5.41, 5.74) is -1.54. The summed E-state index contributed by atoms with van der Waals surface area (Å²) < 4.78 is 0.993. The second kappa shape index (κ2) is 6.52. The maximum Gasteiger partial charge on any atom is 0.372 e. The van der Waals surface area contributed by atoms with Crippen LogP contribution in [0.25, 0.3) is 4.96 Å². The Bertz CT molecular complexity index is 795. The summed E-state index contributed by atoms with van der Waals surface area (Å²) >= 11 is 7.01. The SMILES string of the molecule is CC1CCC(CCc2nn3c(=O)c([N+](=O)[O-])c(Cl)nc3s2)CC1. The number of nitro groups is 1. The third-order valence-electron chi connectivity index (χ3n) is 4.47. The molecule has 0 N–H and O–H groups in total. The van der Waals surface area contributed by atoms with Gasteiger partial charge in [0.05, 0.1) is 4.92 Å². The van der Waals surface area contributed by atoms with Crippen LogP contribution in [0.4, 0.5) is 5.69 Å². The summed E-state index contributed by atoms with van der Waals surface area (Å²) in [5.74, 6) is 1.51. The first-order valence-electron chi connectivity index (χ1n) is 7.68. The molecule has 0 unspecified atom stereocenters. The number of aryl methyl sites for hydroxylation is 1. The van der Waals surface area contributed by atoms with Gasteiger partial charge in [0.1, 0.15) is 5.01 Å². The summed E-state index contributed by atoms with van der Waals surface area (Å²) in [6, 6.07) is 0. The third-order valence-corrected chi connectivity index (χ3v) is 5.70. The van der Waals surface area contributed by atoms with Gasteiger partial charge in [-0.2, -0.15) is 14.6 Å². The monoisotopic (exact) mass is 356 g/mol. The maximum absolute atomic E-state index is 12.1. The molecule has 2 heterocycles. The van der Waals surface area contributed by atoms with Crippen LogP contribution in [0, 0.1) is 22.0 Å². The lowest BCUT2D eigenvalue weighted by molar-refractivity contribution is -0.386. The minimum Gasteiger partial charge on any atom is -0.259 e. The number of fused-ring (bicyclic) bond motifs is 1. The van der Waals surface area contributed by atoms with Gasteiger partial charge < -0.3 is 0 Å². The molecule has 0 aromatic carbocycles. The minimum atomic E-state index is -0.820. The molecule has 3 rings (SSSR count). The third kappa shape index (κ3) is 3.37. The van der Waals surface area contributed by atoms with E-state index >= 15 is 0 Å². The number of aromatic nitrogens is 3. The van der Waals surface area contributed by atoms with Gasteiger partial charge >= 0.3 is 11.2 Å². The minimum absolute atomic E-state index is 0.304. The van der Waals surface area contributed by atoms with Crippen LogP contribution in [0.3, 0.4) is 0 Å². The Labute approximate surface area is 141 Å². The van der Waals surface area contributed by atoms with E-state index in [4.69, 9.17) is 11.6 Å². The van der Waals surface area contributed by atoms with Crippen LogP contribution >= 0.6 is 22.9 Å². The zero-order valence-electron chi connectivity index (χ0n) is 12.7. The number of hydrogen-bond donors (Lipinski definition) is 0. The molecule has 0 radical (unpaired) electrons. The van der Waals surface area contributed by atoms with Crippen molar-refractivity contribution in [1.82, 2.24) is 14.6 Å². The number of rotatable bonds is 4.